The molecule has 0 radical (unpaired) electrons. The maximum Gasteiger partial charge on any atom is 0.338 e. The molecule has 10 nitrogen and oxygen atoms in total. The molecule has 0 bridgehead atoms. The molecule has 10 heteroatoms. The van der Waals surface area contributed by atoms with E-state index in [-0.39, 0.29) is 18.8 Å². The molecule has 29 heavy (non-hydrogen) atoms. The van der Waals surface area contributed by atoms with Crippen molar-refractivity contribution in [2.75, 3.05) is 6.61 Å². The van der Waals surface area contributed by atoms with Crippen molar-refractivity contribution >= 4 is 5.97 Å². The highest BCUT2D eigenvalue weighted by Gasteiger charge is 2.44. The van der Waals surface area contributed by atoms with Gasteiger partial charge in [-0.2, -0.15) is 0 Å². The molecule has 1 fully saturated rings. The minimum absolute atomic E-state index is 0.143. The van der Waals surface area contributed by atoms with E-state index in [4.69, 9.17) is 14.2 Å². The molecule has 0 spiro atoms. The number of aliphatic hydroxyl groups excluding tert-OH is 5. The number of benzene rings is 1. The van der Waals surface area contributed by atoms with Gasteiger partial charge in [-0.1, -0.05) is 19.1 Å². The van der Waals surface area contributed by atoms with Gasteiger partial charge in [-0.05, 0) is 31.0 Å². The molecule has 7 atom stereocenters. The third-order valence-corrected chi connectivity index (χ3v) is 4.93. The van der Waals surface area contributed by atoms with E-state index >= 15 is 0 Å². The lowest BCUT2D eigenvalue weighted by Crippen LogP contribution is -2.60. The van der Waals surface area contributed by atoms with Crippen LogP contribution in [-0.2, 0) is 20.9 Å². The molecule has 1 heterocycles. The fraction of sp³-hybridized carbons (Fsp3) is 0.632. The van der Waals surface area contributed by atoms with Gasteiger partial charge < -0.3 is 44.8 Å². The fourth-order valence-corrected chi connectivity index (χ4v) is 2.64. The zero-order chi connectivity index (χ0) is 21.8. The molecular weight excluding hydrogens is 388 g/mol. The van der Waals surface area contributed by atoms with E-state index < -0.39 is 55.0 Å². The molecule has 1 aromatic rings. The van der Waals surface area contributed by atoms with E-state index in [2.05, 4.69) is 0 Å². The molecule has 1 saturated heterocycles. The van der Waals surface area contributed by atoms with Crippen LogP contribution >= 0.6 is 0 Å². The molecule has 1 aliphatic heterocycles. The first-order valence-corrected chi connectivity index (χ1v) is 9.24. The fourth-order valence-electron chi connectivity index (χ4n) is 2.64. The summed E-state index contributed by atoms with van der Waals surface area (Å²) in [5.74, 6) is -0.683. The average Bonchev–Trinajstić information content (AvgIpc) is 2.72. The summed E-state index contributed by atoms with van der Waals surface area (Å²) >= 11 is 0. The van der Waals surface area contributed by atoms with Crippen molar-refractivity contribution in [2.45, 2.75) is 69.3 Å². The molecular formula is C19H28O10. The highest BCUT2D eigenvalue weighted by molar-refractivity contribution is 5.75. The number of aliphatic hydroxyl groups is 6. The summed E-state index contributed by atoms with van der Waals surface area (Å²) in [4.78, 5) is 11.8. The predicted octanol–water partition coefficient (Wildman–Crippen LogP) is -1.57. The molecule has 164 valence electrons. The van der Waals surface area contributed by atoms with E-state index in [0.29, 0.717) is 5.56 Å². The topological polar surface area (TPSA) is 166 Å². The van der Waals surface area contributed by atoms with Crippen LogP contribution in [0.15, 0.2) is 24.3 Å². The Kier molecular flexibility index (Phi) is 7.94. The summed E-state index contributed by atoms with van der Waals surface area (Å²) < 4.78 is 15.7. The van der Waals surface area contributed by atoms with Crippen molar-refractivity contribution in [2.24, 2.45) is 0 Å². The maximum atomic E-state index is 11.8. The van der Waals surface area contributed by atoms with Gasteiger partial charge in [0.05, 0.1) is 12.2 Å². The smallest absolute Gasteiger partial charge is 0.338 e. The van der Waals surface area contributed by atoms with Crippen molar-refractivity contribution in [1.82, 2.24) is 0 Å². The van der Waals surface area contributed by atoms with Gasteiger partial charge in [0, 0.05) is 0 Å². The number of carbonyl (C=O) groups excluding carboxylic acids is 1. The first-order valence-electron chi connectivity index (χ1n) is 9.24. The number of carbonyl (C=O) groups is 1. The Hall–Kier alpha value is -1.79. The molecule has 0 amide bonds. The lowest BCUT2D eigenvalue weighted by atomic mass is 9.96. The molecule has 6 N–H and O–H groups in total. The number of hydrogen-bond donors (Lipinski definition) is 6. The van der Waals surface area contributed by atoms with Crippen molar-refractivity contribution in [3.63, 3.8) is 0 Å². The van der Waals surface area contributed by atoms with Crippen molar-refractivity contribution < 1.29 is 49.6 Å². The van der Waals surface area contributed by atoms with Gasteiger partial charge in [0.2, 0.25) is 6.29 Å². The second-order valence-corrected chi connectivity index (χ2v) is 7.18. The Morgan fingerprint density at radius 3 is 2.34 bits per heavy atom. The second kappa shape index (κ2) is 9.81. The standard InChI is InChI=1S/C19H28O10/c1-3-19(2,26)16(24)17(25)27-9-10-4-6-11(7-5-10)28-18-15(23)14(22)13(21)12(8-20)29-18/h4-7,12-16,18,20-24,26H,3,8-9H2,1-2H3/t12-,13-,14+,15-,16-,18-,19+/m1/s1. The normalized spacial score (nSPS) is 30.3. The lowest BCUT2D eigenvalue weighted by molar-refractivity contribution is -0.277. The zero-order valence-corrected chi connectivity index (χ0v) is 16.2. The van der Waals surface area contributed by atoms with E-state index in [1.54, 1.807) is 19.1 Å². The van der Waals surface area contributed by atoms with Gasteiger partial charge in [-0.15, -0.1) is 0 Å². The van der Waals surface area contributed by atoms with Gasteiger partial charge in [0.15, 0.2) is 6.10 Å². The first kappa shape index (κ1) is 23.5. The Morgan fingerprint density at radius 2 is 1.79 bits per heavy atom. The third kappa shape index (κ3) is 5.64. The quantitative estimate of drug-likeness (QED) is 0.273. The van der Waals surface area contributed by atoms with E-state index in [0.717, 1.165) is 0 Å². The summed E-state index contributed by atoms with van der Waals surface area (Å²) in [6, 6.07) is 6.14. The largest absolute Gasteiger partial charge is 0.462 e. The van der Waals surface area contributed by atoms with Crippen LogP contribution in [0, 0.1) is 0 Å². The average molecular weight is 416 g/mol. The van der Waals surface area contributed by atoms with Crippen LogP contribution in [0.2, 0.25) is 0 Å². The molecule has 2 rings (SSSR count). The highest BCUT2D eigenvalue weighted by atomic mass is 16.7. The van der Waals surface area contributed by atoms with Crippen LogP contribution < -0.4 is 4.74 Å². The molecule has 1 aliphatic rings. The molecule has 0 unspecified atom stereocenters. The Morgan fingerprint density at radius 1 is 1.17 bits per heavy atom. The van der Waals surface area contributed by atoms with E-state index in [9.17, 15) is 35.4 Å². The minimum Gasteiger partial charge on any atom is -0.462 e. The van der Waals surface area contributed by atoms with Crippen molar-refractivity contribution in [3.05, 3.63) is 29.8 Å². The molecule has 1 aromatic carbocycles. The summed E-state index contributed by atoms with van der Waals surface area (Å²) in [7, 11) is 0. The van der Waals surface area contributed by atoms with E-state index in [1.807, 2.05) is 0 Å². The Bertz CT molecular complexity index is 659. The Labute approximate surface area is 167 Å². The Balaban J connectivity index is 1.92. The van der Waals surface area contributed by atoms with Crippen LogP contribution in [0.3, 0.4) is 0 Å². The number of esters is 1. The number of rotatable bonds is 8. The van der Waals surface area contributed by atoms with Crippen molar-refractivity contribution in [3.8, 4) is 5.75 Å². The summed E-state index contributed by atoms with van der Waals surface area (Å²) in [5, 5.41) is 58.4. The van der Waals surface area contributed by atoms with Crippen LogP contribution in [0.5, 0.6) is 5.75 Å². The summed E-state index contributed by atoms with van der Waals surface area (Å²) in [5.41, 5.74) is -1.01. The third-order valence-electron chi connectivity index (χ3n) is 4.93. The number of ether oxygens (including phenoxy) is 3. The first-order chi connectivity index (χ1) is 13.6. The van der Waals surface area contributed by atoms with Crippen LogP contribution in [-0.4, -0.2) is 85.6 Å². The van der Waals surface area contributed by atoms with Gasteiger partial charge in [0.25, 0.3) is 0 Å². The zero-order valence-electron chi connectivity index (χ0n) is 16.2. The van der Waals surface area contributed by atoms with Gasteiger partial charge >= 0.3 is 5.97 Å². The predicted molar refractivity (Wildman–Crippen MR) is 97.6 cm³/mol. The van der Waals surface area contributed by atoms with E-state index in [1.165, 1.54) is 19.1 Å². The van der Waals surface area contributed by atoms with Gasteiger partial charge in [0.1, 0.15) is 36.8 Å². The van der Waals surface area contributed by atoms with Gasteiger partial charge in [-0.25, -0.2) is 4.79 Å². The van der Waals surface area contributed by atoms with Crippen LogP contribution in [0.4, 0.5) is 0 Å². The maximum absolute atomic E-state index is 11.8. The molecule has 0 aromatic heterocycles. The van der Waals surface area contributed by atoms with Crippen LogP contribution in [0.25, 0.3) is 0 Å². The molecule has 0 saturated carbocycles. The summed E-state index contributed by atoms with van der Waals surface area (Å²) in [6.07, 6.45) is -8.42. The monoisotopic (exact) mass is 416 g/mol. The lowest BCUT2D eigenvalue weighted by Gasteiger charge is -2.39. The second-order valence-electron chi connectivity index (χ2n) is 7.18. The van der Waals surface area contributed by atoms with Gasteiger partial charge in [-0.3, -0.25) is 0 Å². The summed E-state index contributed by atoms with van der Waals surface area (Å²) in [6.45, 7) is 2.26. The minimum atomic E-state index is -1.67. The van der Waals surface area contributed by atoms with Crippen LogP contribution in [0.1, 0.15) is 25.8 Å². The van der Waals surface area contributed by atoms with Crippen molar-refractivity contribution in [1.29, 1.82) is 0 Å². The number of hydrogen-bond acceptors (Lipinski definition) is 10. The highest BCUT2D eigenvalue weighted by Crippen LogP contribution is 2.24. The molecule has 0 aliphatic carbocycles. The SMILES string of the molecule is CC[C@](C)(O)[C@H](O)C(=O)OCc1ccc(O[C@@H]2O[C@H](CO)[C@@H](O)[C@H](O)[C@H]2O)cc1.